The second-order valence-corrected chi connectivity index (χ2v) is 13.2. The van der Waals surface area contributed by atoms with Gasteiger partial charge in [0.15, 0.2) is 0 Å². The molecule has 2 aliphatic rings. The first-order valence-electron chi connectivity index (χ1n) is 18.1. The molecule has 0 saturated carbocycles. The number of carbonyl (C=O) groups is 2. The summed E-state index contributed by atoms with van der Waals surface area (Å²) >= 11 is 0. The van der Waals surface area contributed by atoms with Gasteiger partial charge in [-0.2, -0.15) is 0 Å². The third-order valence-electron chi connectivity index (χ3n) is 9.56. The van der Waals surface area contributed by atoms with Gasteiger partial charge in [0.2, 0.25) is 5.91 Å². The molecule has 2 atom stereocenters. The van der Waals surface area contributed by atoms with Gasteiger partial charge in [0.25, 0.3) is 0 Å². The Bertz CT molecular complexity index is 2290. The van der Waals surface area contributed by atoms with Gasteiger partial charge in [0.05, 0.1) is 31.6 Å². The van der Waals surface area contributed by atoms with Gasteiger partial charge in [0.1, 0.15) is 18.5 Å². The highest BCUT2D eigenvalue weighted by atomic mass is 16.5. The molecule has 0 bridgehead atoms. The summed E-state index contributed by atoms with van der Waals surface area (Å²) in [6, 6.07) is 35.1. The van der Waals surface area contributed by atoms with Crippen LogP contribution in [0.15, 0.2) is 151 Å². The van der Waals surface area contributed by atoms with Gasteiger partial charge in [-0.1, -0.05) is 127 Å². The van der Waals surface area contributed by atoms with Gasteiger partial charge in [-0.3, -0.25) is 4.79 Å². The molecule has 9 heteroatoms. The zero-order valence-corrected chi connectivity index (χ0v) is 30.1. The number of imidazole rings is 1. The number of rotatable bonds is 11. The number of carbonyl (C=O) groups excluding carboxylic acids is 2. The summed E-state index contributed by atoms with van der Waals surface area (Å²) in [6.45, 7) is 2.70. The third kappa shape index (κ3) is 8.77. The lowest BCUT2D eigenvalue weighted by molar-refractivity contribution is -0.124. The van der Waals surface area contributed by atoms with Crippen LogP contribution in [0.1, 0.15) is 40.4 Å². The number of alkyl carbamates (subject to hydrolysis) is 1. The fraction of sp³-hybridized carbons (Fsp3) is 0.178. The zero-order valence-electron chi connectivity index (χ0n) is 30.1. The summed E-state index contributed by atoms with van der Waals surface area (Å²) in [5, 5.41) is 6.91. The number of fused-ring (bicyclic) bond motifs is 3. The van der Waals surface area contributed by atoms with Crippen LogP contribution in [0.3, 0.4) is 0 Å². The second-order valence-electron chi connectivity index (χ2n) is 13.2. The lowest BCUT2D eigenvalue weighted by Gasteiger charge is -2.20. The number of amides is 2. The molecule has 0 aliphatic heterocycles. The summed E-state index contributed by atoms with van der Waals surface area (Å²) in [4.78, 5) is 37.2. The van der Waals surface area contributed by atoms with E-state index in [-0.39, 0.29) is 25.7 Å². The van der Waals surface area contributed by atoms with Gasteiger partial charge < -0.3 is 30.1 Å². The largest absolute Gasteiger partial charge is 0.449 e. The SMILES string of the molecule is Cc1c[nH]c2ccccc12.O=C(NC(COCc1ccccc1)C(=O)NCc1ncc(-c2ccccc2)[nH]1)OCC1C2=C(CC=CC=C2)c2ccccc21. The van der Waals surface area contributed by atoms with Crippen LogP contribution < -0.4 is 10.6 Å². The van der Waals surface area contributed by atoms with E-state index in [1.807, 2.05) is 97.2 Å². The topological polar surface area (TPSA) is 121 Å². The normalized spacial score (nSPS) is 14.7. The molecular formula is C45H43N5O4. The molecule has 8 rings (SSSR count). The third-order valence-corrected chi connectivity index (χ3v) is 9.56. The molecule has 54 heavy (non-hydrogen) atoms. The Kier molecular flexibility index (Phi) is 11.6. The predicted octanol–water partition coefficient (Wildman–Crippen LogP) is 8.55. The average Bonchev–Trinajstić information content (AvgIpc) is 3.87. The first-order valence-corrected chi connectivity index (χ1v) is 18.1. The van der Waals surface area contributed by atoms with E-state index in [4.69, 9.17) is 9.47 Å². The van der Waals surface area contributed by atoms with Crippen LogP contribution in [0.25, 0.3) is 27.7 Å². The van der Waals surface area contributed by atoms with E-state index in [1.165, 1.54) is 27.6 Å². The highest BCUT2D eigenvalue weighted by Crippen LogP contribution is 2.45. The fourth-order valence-electron chi connectivity index (χ4n) is 6.78. The van der Waals surface area contributed by atoms with Crippen molar-refractivity contribution in [3.63, 3.8) is 0 Å². The van der Waals surface area contributed by atoms with Crippen LogP contribution in [0.2, 0.25) is 0 Å². The number of ether oxygens (including phenoxy) is 2. The average molecular weight is 718 g/mol. The number of aromatic nitrogens is 3. The minimum Gasteiger partial charge on any atom is -0.449 e. The number of aromatic amines is 2. The number of hydrogen-bond acceptors (Lipinski definition) is 5. The maximum atomic E-state index is 13.3. The summed E-state index contributed by atoms with van der Waals surface area (Å²) in [7, 11) is 0. The van der Waals surface area contributed by atoms with Crippen molar-refractivity contribution in [1.82, 2.24) is 25.6 Å². The quantitative estimate of drug-likeness (QED) is 0.107. The molecular weight excluding hydrogens is 675 g/mol. The van der Waals surface area contributed by atoms with E-state index in [9.17, 15) is 9.59 Å². The van der Waals surface area contributed by atoms with Crippen molar-refractivity contribution < 1.29 is 19.1 Å². The lowest BCUT2D eigenvalue weighted by Crippen LogP contribution is -2.49. The number of hydrogen-bond donors (Lipinski definition) is 4. The van der Waals surface area contributed by atoms with E-state index in [0.717, 1.165) is 34.4 Å². The van der Waals surface area contributed by atoms with Crippen LogP contribution in [-0.2, 0) is 27.4 Å². The number of allylic oxidation sites excluding steroid dienone is 5. The highest BCUT2D eigenvalue weighted by Gasteiger charge is 2.31. The first-order chi connectivity index (χ1) is 26.5. The number of benzene rings is 4. The lowest BCUT2D eigenvalue weighted by atomic mass is 9.96. The monoisotopic (exact) mass is 717 g/mol. The molecule has 272 valence electrons. The molecule has 0 spiro atoms. The van der Waals surface area contributed by atoms with Crippen molar-refractivity contribution in [1.29, 1.82) is 0 Å². The number of nitrogens with zero attached hydrogens (tertiary/aromatic N) is 1. The number of H-pyrrole nitrogens is 2. The van der Waals surface area contributed by atoms with Crippen LogP contribution in [0.5, 0.6) is 0 Å². The molecule has 9 nitrogen and oxygen atoms in total. The highest BCUT2D eigenvalue weighted by molar-refractivity contribution is 5.86. The molecule has 2 amide bonds. The number of para-hydroxylation sites is 1. The van der Waals surface area contributed by atoms with Gasteiger partial charge in [-0.05, 0) is 58.4 Å². The standard InChI is InChI=1S/C36H34N4O4.C9H9N/c41-35(38-21-34-37-20-32(39-34)26-14-6-2-7-15-26)33(24-43-22-25-12-4-1-5-13-25)40-36(42)44-23-31-29-17-9-3-8-16-27(29)28-18-10-11-19-30(28)31;1-7-6-10-9-5-3-2-4-8(7)9/h1-15,17-20,31,33H,16,21-24H2,(H,37,39)(H,38,41)(H,40,42);2-6,10H,1H3. The Morgan fingerprint density at radius 1 is 0.907 bits per heavy atom. The van der Waals surface area contributed by atoms with Crippen LogP contribution in [0.4, 0.5) is 4.79 Å². The van der Waals surface area contributed by atoms with E-state index in [2.05, 4.69) is 75.0 Å². The minimum absolute atomic E-state index is 0.0286. The van der Waals surface area contributed by atoms with Crippen LogP contribution >= 0.6 is 0 Å². The molecule has 4 N–H and O–H groups in total. The molecule has 2 heterocycles. The van der Waals surface area contributed by atoms with E-state index in [1.54, 1.807) is 6.20 Å². The maximum Gasteiger partial charge on any atom is 0.407 e. The van der Waals surface area contributed by atoms with Gasteiger partial charge in [-0.15, -0.1) is 0 Å². The number of nitrogens with one attached hydrogen (secondary N) is 4. The molecule has 2 aliphatic carbocycles. The summed E-state index contributed by atoms with van der Waals surface area (Å²) in [5.41, 5.74) is 10.1. The van der Waals surface area contributed by atoms with Gasteiger partial charge in [-0.25, -0.2) is 9.78 Å². The molecule has 0 radical (unpaired) electrons. The van der Waals surface area contributed by atoms with Crippen molar-refractivity contribution in [2.75, 3.05) is 13.2 Å². The Hall–Kier alpha value is -6.45. The Morgan fingerprint density at radius 3 is 2.50 bits per heavy atom. The molecule has 0 saturated heterocycles. The summed E-state index contributed by atoms with van der Waals surface area (Å²) < 4.78 is 11.6. The van der Waals surface area contributed by atoms with Gasteiger partial charge >= 0.3 is 6.09 Å². The Morgan fingerprint density at radius 2 is 1.67 bits per heavy atom. The first kappa shape index (κ1) is 35.9. The minimum atomic E-state index is -0.970. The fourth-order valence-corrected chi connectivity index (χ4v) is 6.78. The summed E-state index contributed by atoms with van der Waals surface area (Å²) in [5.74, 6) is 0.114. The molecule has 2 aromatic heterocycles. The van der Waals surface area contributed by atoms with Gasteiger partial charge in [0, 0.05) is 23.0 Å². The van der Waals surface area contributed by atoms with Crippen molar-refractivity contribution >= 4 is 28.5 Å². The zero-order chi connectivity index (χ0) is 37.1. The van der Waals surface area contributed by atoms with E-state index >= 15 is 0 Å². The van der Waals surface area contributed by atoms with Crippen LogP contribution in [-0.4, -0.2) is 46.2 Å². The molecule has 2 unspecified atom stereocenters. The van der Waals surface area contributed by atoms with Crippen molar-refractivity contribution in [2.45, 2.75) is 38.5 Å². The van der Waals surface area contributed by atoms with Crippen molar-refractivity contribution in [2.24, 2.45) is 0 Å². The smallest absolute Gasteiger partial charge is 0.407 e. The van der Waals surface area contributed by atoms with E-state index < -0.39 is 18.0 Å². The van der Waals surface area contributed by atoms with Crippen molar-refractivity contribution in [3.8, 4) is 11.3 Å². The van der Waals surface area contributed by atoms with Crippen LogP contribution in [0, 0.1) is 6.92 Å². The Labute approximate surface area is 314 Å². The summed E-state index contributed by atoms with van der Waals surface area (Å²) in [6.07, 6.45) is 12.2. The Balaban J connectivity index is 0.000000386. The predicted molar refractivity (Wildman–Crippen MR) is 212 cm³/mol. The van der Waals surface area contributed by atoms with E-state index in [0.29, 0.717) is 12.4 Å². The molecule has 4 aromatic carbocycles. The second kappa shape index (κ2) is 17.4. The maximum absolute atomic E-state index is 13.3. The molecule has 0 fully saturated rings. The van der Waals surface area contributed by atoms with Crippen molar-refractivity contribution in [3.05, 3.63) is 180 Å². The molecule has 6 aromatic rings. The number of aryl methyl sites for hydroxylation is 1.